The van der Waals surface area contributed by atoms with Gasteiger partial charge in [0.25, 0.3) is 0 Å². The molecule has 2 heteroatoms. The number of thioether (sulfide) groups is 1. The van der Waals surface area contributed by atoms with Crippen LogP contribution in [0.4, 0.5) is 0 Å². The van der Waals surface area contributed by atoms with Crippen LogP contribution in [0.1, 0.15) is 39.0 Å². The van der Waals surface area contributed by atoms with E-state index in [0.717, 1.165) is 25.0 Å². The monoisotopic (exact) mass is 172 g/mol. The van der Waals surface area contributed by atoms with E-state index in [0.29, 0.717) is 11.0 Å². The Morgan fingerprint density at radius 1 is 1.45 bits per heavy atom. The van der Waals surface area contributed by atoms with Crippen LogP contribution in [0.5, 0.6) is 0 Å². The quantitative estimate of drug-likeness (QED) is 0.651. The molecule has 0 N–H and O–H groups in total. The third kappa shape index (κ3) is 2.86. The minimum absolute atomic E-state index is 0.409. The van der Waals surface area contributed by atoms with Crippen molar-refractivity contribution in [1.82, 2.24) is 0 Å². The van der Waals surface area contributed by atoms with E-state index in [1.807, 2.05) is 0 Å². The molecule has 0 aliphatic heterocycles. The molecule has 1 aliphatic rings. The van der Waals surface area contributed by atoms with Gasteiger partial charge in [-0.25, -0.2) is 0 Å². The van der Waals surface area contributed by atoms with Gasteiger partial charge in [-0.3, -0.25) is 4.79 Å². The number of carbonyl (C=O) groups is 1. The highest BCUT2D eigenvalue weighted by atomic mass is 32.2. The molecule has 0 aromatic carbocycles. The molecule has 0 spiro atoms. The van der Waals surface area contributed by atoms with Gasteiger partial charge < -0.3 is 0 Å². The van der Waals surface area contributed by atoms with Crippen molar-refractivity contribution < 1.29 is 4.79 Å². The van der Waals surface area contributed by atoms with Crippen molar-refractivity contribution in [2.75, 3.05) is 5.75 Å². The topological polar surface area (TPSA) is 17.1 Å². The first kappa shape index (κ1) is 9.11. The lowest BCUT2D eigenvalue weighted by molar-refractivity contribution is -0.114. The van der Waals surface area contributed by atoms with Crippen LogP contribution in [-0.4, -0.2) is 10.9 Å². The van der Waals surface area contributed by atoms with Gasteiger partial charge in [-0.2, -0.15) is 0 Å². The standard InChI is InChI=1S/C9H16OS/c1-2-7-11-9(10)8-5-3-4-6-8/h8H,2-7H2,1H3. The van der Waals surface area contributed by atoms with Crippen LogP contribution in [0.3, 0.4) is 0 Å². The van der Waals surface area contributed by atoms with Crippen LogP contribution in [0.2, 0.25) is 0 Å². The van der Waals surface area contributed by atoms with Gasteiger partial charge in [0.1, 0.15) is 0 Å². The van der Waals surface area contributed by atoms with Crippen LogP contribution in [-0.2, 0) is 4.79 Å². The summed E-state index contributed by atoms with van der Waals surface area (Å²) < 4.78 is 0. The van der Waals surface area contributed by atoms with Gasteiger partial charge >= 0.3 is 0 Å². The highest BCUT2D eigenvalue weighted by Gasteiger charge is 2.22. The molecule has 1 fully saturated rings. The van der Waals surface area contributed by atoms with E-state index in [1.165, 1.54) is 24.6 Å². The Balaban J connectivity index is 2.17. The first-order valence-corrected chi connectivity index (χ1v) is 5.49. The fourth-order valence-corrected chi connectivity index (χ4v) is 2.36. The molecule has 0 aromatic rings. The predicted molar refractivity (Wildman–Crippen MR) is 49.7 cm³/mol. The van der Waals surface area contributed by atoms with E-state index in [2.05, 4.69) is 6.92 Å². The van der Waals surface area contributed by atoms with Crippen molar-refractivity contribution in [3.8, 4) is 0 Å². The number of rotatable bonds is 3. The van der Waals surface area contributed by atoms with Crippen LogP contribution >= 0.6 is 11.8 Å². The second kappa shape index (κ2) is 4.81. The molecule has 1 nitrogen and oxygen atoms in total. The predicted octanol–water partition coefficient (Wildman–Crippen LogP) is 2.85. The van der Waals surface area contributed by atoms with E-state index in [9.17, 15) is 4.79 Å². The van der Waals surface area contributed by atoms with E-state index < -0.39 is 0 Å². The lowest BCUT2D eigenvalue weighted by Gasteiger charge is -2.04. The van der Waals surface area contributed by atoms with Gasteiger partial charge in [-0.1, -0.05) is 31.5 Å². The van der Waals surface area contributed by atoms with E-state index in [1.54, 1.807) is 0 Å². The maximum Gasteiger partial charge on any atom is 0.192 e. The molecule has 0 aromatic heterocycles. The fraction of sp³-hybridized carbons (Fsp3) is 0.889. The van der Waals surface area contributed by atoms with E-state index >= 15 is 0 Å². The average molecular weight is 172 g/mol. The molecule has 0 saturated heterocycles. The van der Waals surface area contributed by atoms with Gasteiger partial charge in [-0.05, 0) is 19.3 Å². The van der Waals surface area contributed by atoms with Crippen molar-refractivity contribution in [3.05, 3.63) is 0 Å². The van der Waals surface area contributed by atoms with Crippen LogP contribution in [0.15, 0.2) is 0 Å². The fourth-order valence-electron chi connectivity index (χ4n) is 1.48. The van der Waals surface area contributed by atoms with Crippen molar-refractivity contribution in [3.63, 3.8) is 0 Å². The second-order valence-corrected chi connectivity index (χ2v) is 4.25. The summed E-state index contributed by atoms with van der Waals surface area (Å²) in [6.45, 7) is 2.12. The minimum Gasteiger partial charge on any atom is -0.287 e. The normalized spacial score (nSPS) is 19.0. The maximum absolute atomic E-state index is 11.4. The van der Waals surface area contributed by atoms with Crippen LogP contribution in [0.25, 0.3) is 0 Å². The summed E-state index contributed by atoms with van der Waals surface area (Å²) in [6.07, 6.45) is 5.94. The van der Waals surface area contributed by atoms with E-state index in [4.69, 9.17) is 0 Å². The Bertz CT molecular complexity index is 128. The van der Waals surface area contributed by atoms with Gasteiger partial charge in [0.05, 0.1) is 0 Å². The summed E-state index contributed by atoms with van der Waals surface area (Å²) >= 11 is 1.53. The SMILES string of the molecule is CCCSC(=O)C1CCCC1. The first-order chi connectivity index (χ1) is 5.34. The smallest absolute Gasteiger partial charge is 0.192 e. The molecule has 0 bridgehead atoms. The van der Waals surface area contributed by atoms with Crippen molar-refractivity contribution in [2.24, 2.45) is 5.92 Å². The zero-order valence-corrected chi connectivity index (χ0v) is 7.95. The van der Waals surface area contributed by atoms with Crippen LogP contribution < -0.4 is 0 Å². The molecule has 1 rings (SSSR count). The Morgan fingerprint density at radius 2 is 2.09 bits per heavy atom. The van der Waals surface area contributed by atoms with Crippen molar-refractivity contribution in [1.29, 1.82) is 0 Å². The highest BCUT2D eigenvalue weighted by Crippen LogP contribution is 2.29. The maximum atomic E-state index is 11.4. The first-order valence-electron chi connectivity index (χ1n) is 4.51. The largest absolute Gasteiger partial charge is 0.287 e. The molecule has 64 valence electrons. The summed E-state index contributed by atoms with van der Waals surface area (Å²) in [7, 11) is 0. The van der Waals surface area contributed by atoms with Gasteiger partial charge in [-0.15, -0.1) is 0 Å². The third-order valence-electron chi connectivity index (χ3n) is 2.14. The molecule has 11 heavy (non-hydrogen) atoms. The Labute approximate surface area is 72.9 Å². The van der Waals surface area contributed by atoms with E-state index in [-0.39, 0.29) is 0 Å². The molecule has 1 saturated carbocycles. The number of carbonyl (C=O) groups excluding carboxylic acids is 1. The lowest BCUT2D eigenvalue weighted by Crippen LogP contribution is -2.06. The summed E-state index contributed by atoms with van der Waals surface area (Å²) in [6, 6.07) is 0. The summed E-state index contributed by atoms with van der Waals surface area (Å²) in [5.41, 5.74) is 0. The average Bonchev–Trinajstić information content (AvgIpc) is 2.52. The van der Waals surface area contributed by atoms with Crippen molar-refractivity contribution in [2.45, 2.75) is 39.0 Å². The Hall–Kier alpha value is 0.0200. The zero-order valence-electron chi connectivity index (χ0n) is 7.14. The summed E-state index contributed by atoms with van der Waals surface area (Å²) in [4.78, 5) is 11.4. The number of hydrogen-bond donors (Lipinski definition) is 0. The molecule has 0 heterocycles. The Kier molecular flexibility index (Phi) is 3.98. The van der Waals surface area contributed by atoms with Crippen LogP contribution in [0, 0.1) is 5.92 Å². The molecule has 0 amide bonds. The molecule has 0 atom stereocenters. The molecule has 0 radical (unpaired) electrons. The molecular weight excluding hydrogens is 156 g/mol. The third-order valence-corrected chi connectivity index (χ3v) is 3.37. The van der Waals surface area contributed by atoms with Gasteiger partial charge in [0, 0.05) is 11.7 Å². The highest BCUT2D eigenvalue weighted by molar-refractivity contribution is 8.13. The van der Waals surface area contributed by atoms with Gasteiger partial charge in [0.15, 0.2) is 5.12 Å². The lowest BCUT2D eigenvalue weighted by atomic mass is 10.1. The summed E-state index contributed by atoms with van der Waals surface area (Å²) in [5, 5.41) is 0.448. The molecular formula is C9H16OS. The molecule has 1 aliphatic carbocycles. The van der Waals surface area contributed by atoms with Gasteiger partial charge in [0.2, 0.25) is 0 Å². The zero-order chi connectivity index (χ0) is 8.10. The van der Waals surface area contributed by atoms with Crippen molar-refractivity contribution >= 4 is 16.9 Å². The minimum atomic E-state index is 0.409. The number of hydrogen-bond acceptors (Lipinski definition) is 2. The molecule has 0 unspecified atom stereocenters. The second-order valence-electron chi connectivity index (χ2n) is 3.15. The summed E-state index contributed by atoms with van der Waals surface area (Å²) in [5.74, 6) is 1.42. The Morgan fingerprint density at radius 3 is 2.64 bits per heavy atom.